The summed E-state index contributed by atoms with van der Waals surface area (Å²) in [5.41, 5.74) is 2.24. The maximum absolute atomic E-state index is 13.1. The second-order valence-electron chi connectivity index (χ2n) is 4.47. The van der Waals surface area contributed by atoms with Crippen LogP contribution in [0.3, 0.4) is 0 Å². The Labute approximate surface area is 95.3 Å². The number of hydrogen-bond acceptors (Lipinski definition) is 1. The van der Waals surface area contributed by atoms with Crippen LogP contribution < -0.4 is 0 Å². The first-order valence-electron chi connectivity index (χ1n) is 5.47. The Kier molecular flexibility index (Phi) is 2.97. The van der Waals surface area contributed by atoms with Gasteiger partial charge in [-0.3, -0.25) is 0 Å². The van der Waals surface area contributed by atoms with Gasteiger partial charge in [-0.2, -0.15) is 0 Å². The van der Waals surface area contributed by atoms with Crippen molar-refractivity contribution in [1.82, 2.24) is 9.47 Å². The van der Waals surface area contributed by atoms with E-state index in [4.69, 9.17) is 0 Å². The van der Waals surface area contributed by atoms with Gasteiger partial charge in [-0.05, 0) is 44.8 Å². The molecule has 0 fully saturated rings. The smallest absolute Gasteiger partial charge is 0.123 e. The Bertz CT molecular complexity index is 500. The molecule has 16 heavy (non-hydrogen) atoms. The van der Waals surface area contributed by atoms with Crippen molar-refractivity contribution in [2.75, 3.05) is 20.6 Å². The standard InChI is InChI=1S/C13H17FN2/c1-10-9-16(7-6-15(2)3)13-5-4-11(14)8-12(10)13/h4-5,8-9H,6-7H2,1-3H3. The van der Waals surface area contributed by atoms with Gasteiger partial charge in [0.25, 0.3) is 0 Å². The molecule has 2 aromatic rings. The van der Waals surface area contributed by atoms with Crippen molar-refractivity contribution in [3.63, 3.8) is 0 Å². The molecule has 0 unspecified atom stereocenters. The highest BCUT2D eigenvalue weighted by atomic mass is 19.1. The SMILES string of the molecule is Cc1cn(CCN(C)C)c2ccc(F)cc12. The van der Waals surface area contributed by atoms with E-state index in [1.165, 1.54) is 6.07 Å². The number of aromatic nitrogens is 1. The Morgan fingerprint density at radius 2 is 2.06 bits per heavy atom. The van der Waals surface area contributed by atoms with Crippen LogP contribution in [0.25, 0.3) is 10.9 Å². The van der Waals surface area contributed by atoms with E-state index in [1.54, 1.807) is 6.07 Å². The highest BCUT2D eigenvalue weighted by Crippen LogP contribution is 2.21. The molecule has 0 amide bonds. The van der Waals surface area contributed by atoms with E-state index in [0.29, 0.717) is 0 Å². The molecule has 1 heterocycles. The molecule has 0 aliphatic rings. The van der Waals surface area contributed by atoms with Gasteiger partial charge in [0.1, 0.15) is 5.82 Å². The second-order valence-corrected chi connectivity index (χ2v) is 4.47. The number of likely N-dealkylation sites (N-methyl/N-ethyl adjacent to an activating group) is 1. The summed E-state index contributed by atoms with van der Waals surface area (Å²) in [5.74, 6) is -0.166. The molecule has 1 aromatic heterocycles. The van der Waals surface area contributed by atoms with E-state index in [1.807, 2.05) is 13.0 Å². The summed E-state index contributed by atoms with van der Waals surface area (Å²) in [7, 11) is 4.11. The lowest BCUT2D eigenvalue weighted by Crippen LogP contribution is -2.17. The largest absolute Gasteiger partial charge is 0.346 e. The van der Waals surface area contributed by atoms with Gasteiger partial charge in [0.05, 0.1) is 0 Å². The quantitative estimate of drug-likeness (QED) is 0.772. The third-order valence-electron chi connectivity index (χ3n) is 2.83. The van der Waals surface area contributed by atoms with Crippen molar-refractivity contribution < 1.29 is 4.39 Å². The van der Waals surface area contributed by atoms with E-state index in [2.05, 4.69) is 29.8 Å². The van der Waals surface area contributed by atoms with Crippen LogP contribution in [-0.4, -0.2) is 30.1 Å². The zero-order chi connectivity index (χ0) is 11.7. The summed E-state index contributed by atoms with van der Waals surface area (Å²) in [6, 6.07) is 4.98. The van der Waals surface area contributed by atoms with Crippen LogP contribution in [0.15, 0.2) is 24.4 Å². The number of fused-ring (bicyclic) bond motifs is 1. The maximum atomic E-state index is 13.1. The predicted molar refractivity (Wildman–Crippen MR) is 65.2 cm³/mol. The van der Waals surface area contributed by atoms with E-state index in [0.717, 1.165) is 29.6 Å². The first-order valence-corrected chi connectivity index (χ1v) is 5.47. The van der Waals surface area contributed by atoms with E-state index >= 15 is 0 Å². The Balaban J connectivity index is 2.39. The maximum Gasteiger partial charge on any atom is 0.123 e. The molecule has 0 radical (unpaired) electrons. The summed E-state index contributed by atoms with van der Waals surface area (Å²) in [4.78, 5) is 2.14. The minimum Gasteiger partial charge on any atom is -0.346 e. The van der Waals surface area contributed by atoms with Crippen molar-refractivity contribution >= 4 is 10.9 Å². The molecule has 1 aromatic carbocycles. The Morgan fingerprint density at radius 3 is 2.75 bits per heavy atom. The van der Waals surface area contributed by atoms with Gasteiger partial charge >= 0.3 is 0 Å². The molecule has 0 spiro atoms. The van der Waals surface area contributed by atoms with Crippen LogP contribution in [-0.2, 0) is 6.54 Å². The minimum absolute atomic E-state index is 0.166. The number of aryl methyl sites for hydroxylation is 1. The lowest BCUT2D eigenvalue weighted by molar-refractivity contribution is 0.387. The van der Waals surface area contributed by atoms with Crippen LogP contribution in [0.2, 0.25) is 0 Å². The number of halogens is 1. The molecule has 0 bridgehead atoms. The third-order valence-corrected chi connectivity index (χ3v) is 2.83. The second kappa shape index (κ2) is 4.26. The number of hydrogen-bond donors (Lipinski definition) is 0. The predicted octanol–water partition coefficient (Wildman–Crippen LogP) is 2.65. The molecule has 2 rings (SSSR count). The zero-order valence-corrected chi connectivity index (χ0v) is 10.00. The summed E-state index contributed by atoms with van der Waals surface area (Å²) >= 11 is 0. The summed E-state index contributed by atoms with van der Waals surface area (Å²) in [5, 5.41) is 1.01. The topological polar surface area (TPSA) is 8.17 Å². The van der Waals surface area contributed by atoms with Crippen LogP contribution in [0.4, 0.5) is 4.39 Å². The van der Waals surface area contributed by atoms with E-state index in [-0.39, 0.29) is 5.82 Å². The van der Waals surface area contributed by atoms with Crippen molar-refractivity contribution in [2.45, 2.75) is 13.5 Å². The molecule has 0 aliphatic carbocycles. The number of benzene rings is 1. The average Bonchev–Trinajstić information content (AvgIpc) is 2.53. The molecular weight excluding hydrogens is 203 g/mol. The van der Waals surface area contributed by atoms with E-state index < -0.39 is 0 Å². The number of rotatable bonds is 3. The molecule has 86 valence electrons. The van der Waals surface area contributed by atoms with Crippen LogP contribution in [0.1, 0.15) is 5.56 Å². The minimum atomic E-state index is -0.166. The molecule has 0 saturated carbocycles. The van der Waals surface area contributed by atoms with Crippen molar-refractivity contribution in [3.8, 4) is 0 Å². The summed E-state index contributed by atoms with van der Waals surface area (Å²) in [6.45, 7) is 3.94. The first kappa shape index (κ1) is 11.1. The molecular formula is C13H17FN2. The highest BCUT2D eigenvalue weighted by molar-refractivity contribution is 5.83. The van der Waals surface area contributed by atoms with Crippen LogP contribution in [0.5, 0.6) is 0 Å². The zero-order valence-electron chi connectivity index (χ0n) is 10.00. The van der Waals surface area contributed by atoms with Gasteiger partial charge < -0.3 is 9.47 Å². The van der Waals surface area contributed by atoms with Gasteiger partial charge in [-0.1, -0.05) is 0 Å². The Morgan fingerprint density at radius 1 is 1.31 bits per heavy atom. The lowest BCUT2D eigenvalue weighted by atomic mass is 10.2. The molecule has 2 nitrogen and oxygen atoms in total. The number of nitrogens with zero attached hydrogens (tertiary/aromatic N) is 2. The fourth-order valence-electron chi connectivity index (χ4n) is 1.94. The summed E-state index contributed by atoms with van der Waals surface area (Å²) in [6.07, 6.45) is 2.09. The fourth-order valence-corrected chi connectivity index (χ4v) is 1.94. The highest BCUT2D eigenvalue weighted by Gasteiger charge is 2.06. The lowest BCUT2D eigenvalue weighted by Gasteiger charge is -2.11. The first-order chi connectivity index (χ1) is 7.58. The van der Waals surface area contributed by atoms with Gasteiger partial charge in [0.15, 0.2) is 0 Å². The van der Waals surface area contributed by atoms with E-state index in [9.17, 15) is 4.39 Å². The average molecular weight is 220 g/mol. The normalized spacial score (nSPS) is 11.6. The van der Waals surface area contributed by atoms with Gasteiger partial charge in [0, 0.05) is 30.2 Å². The van der Waals surface area contributed by atoms with Crippen molar-refractivity contribution in [1.29, 1.82) is 0 Å². The summed E-state index contributed by atoms with van der Waals surface area (Å²) < 4.78 is 15.3. The fraction of sp³-hybridized carbons (Fsp3) is 0.385. The van der Waals surface area contributed by atoms with Crippen molar-refractivity contribution in [2.24, 2.45) is 0 Å². The Hall–Kier alpha value is -1.35. The molecule has 0 aliphatic heterocycles. The van der Waals surface area contributed by atoms with Crippen LogP contribution in [0, 0.1) is 12.7 Å². The van der Waals surface area contributed by atoms with Crippen molar-refractivity contribution in [3.05, 3.63) is 35.8 Å². The third kappa shape index (κ3) is 2.09. The molecule has 0 N–H and O–H groups in total. The molecule has 3 heteroatoms. The van der Waals surface area contributed by atoms with Gasteiger partial charge in [-0.15, -0.1) is 0 Å². The molecule has 0 saturated heterocycles. The van der Waals surface area contributed by atoms with Gasteiger partial charge in [-0.25, -0.2) is 4.39 Å². The van der Waals surface area contributed by atoms with Crippen LogP contribution >= 0.6 is 0 Å². The molecule has 0 atom stereocenters. The van der Waals surface area contributed by atoms with Gasteiger partial charge in [0.2, 0.25) is 0 Å². The monoisotopic (exact) mass is 220 g/mol.